The lowest BCUT2D eigenvalue weighted by Crippen LogP contribution is -2.13. The lowest BCUT2D eigenvalue weighted by Gasteiger charge is -2.08. The Labute approximate surface area is 117 Å². The number of hydrogen-bond donors (Lipinski definition) is 2. The molecule has 0 bridgehead atoms. The van der Waals surface area contributed by atoms with E-state index in [4.69, 9.17) is 5.26 Å². The van der Waals surface area contributed by atoms with Crippen LogP contribution >= 0.6 is 0 Å². The van der Waals surface area contributed by atoms with Gasteiger partial charge in [-0.2, -0.15) is 5.26 Å². The smallest absolute Gasteiger partial charge is 0.255 e. The number of nitrogens with one attached hydrogen (secondary N) is 2. The standard InChI is InChI=1S/C16H13N3O/c17-10-13-3-1-2-4-14(13)19-16(20)12-6-5-11-7-8-18-15(11)9-12/h1-6,9,18H,7-8H2,(H,19,20). The Morgan fingerprint density at radius 2 is 2.10 bits per heavy atom. The van der Waals surface area contributed by atoms with Crippen LogP contribution in [0.1, 0.15) is 21.5 Å². The fraction of sp³-hybridized carbons (Fsp3) is 0.125. The largest absolute Gasteiger partial charge is 0.384 e. The number of carbonyl (C=O) groups is 1. The minimum Gasteiger partial charge on any atom is -0.384 e. The fourth-order valence-electron chi connectivity index (χ4n) is 2.32. The van der Waals surface area contributed by atoms with Gasteiger partial charge in [0, 0.05) is 17.8 Å². The van der Waals surface area contributed by atoms with Crippen molar-refractivity contribution in [1.29, 1.82) is 5.26 Å². The molecule has 0 spiro atoms. The lowest BCUT2D eigenvalue weighted by molar-refractivity contribution is 0.102. The van der Waals surface area contributed by atoms with Gasteiger partial charge in [-0.15, -0.1) is 0 Å². The fourth-order valence-corrected chi connectivity index (χ4v) is 2.32. The van der Waals surface area contributed by atoms with Crippen LogP contribution in [-0.2, 0) is 6.42 Å². The molecule has 1 aliphatic heterocycles. The zero-order valence-corrected chi connectivity index (χ0v) is 10.8. The van der Waals surface area contributed by atoms with Crippen molar-refractivity contribution in [2.45, 2.75) is 6.42 Å². The van der Waals surface area contributed by atoms with Crippen LogP contribution in [-0.4, -0.2) is 12.5 Å². The maximum absolute atomic E-state index is 12.2. The summed E-state index contributed by atoms with van der Waals surface area (Å²) in [5.41, 5.74) is 3.84. The average molecular weight is 263 g/mol. The van der Waals surface area contributed by atoms with E-state index in [1.165, 1.54) is 5.56 Å². The first kappa shape index (κ1) is 12.2. The molecule has 0 atom stereocenters. The predicted octanol–water partition coefficient (Wildman–Crippen LogP) is 2.78. The third-order valence-electron chi connectivity index (χ3n) is 3.38. The molecule has 2 aromatic carbocycles. The third-order valence-corrected chi connectivity index (χ3v) is 3.38. The monoisotopic (exact) mass is 263 g/mol. The van der Waals surface area contributed by atoms with Crippen molar-refractivity contribution in [2.75, 3.05) is 17.2 Å². The summed E-state index contributed by atoms with van der Waals surface area (Å²) < 4.78 is 0. The molecule has 1 heterocycles. The number of anilines is 2. The molecule has 0 unspecified atom stereocenters. The second kappa shape index (κ2) is 5.06. The van der Waals surface area contributed by atoms with Gasteiger partial charge in [0.25, 0.3) is 5.91 Å². The quantitative estimate of drug-likeness (QED) is 0.875. The number of amides is 1. The molecule has 20 heavy (non-hydrogen) atoms. The molecular formula is C16H13N3O. The number of benzene rings is 2. The highest BCUT2D eigenvalue weighted by molar-refractivity contribution is 6.05. The van der Waals surface area contributed by atoms with Crippen LogP contribution in [0.4, 0.5) is 11.4 Å². The van der Waals surface area contributed by atoms with Gasteiger partial charge in [-0.3, -0.25) is 4.79 Å². The van der Waals surface area contributed by atoms with Crippen LogP contribution < -0.4 is 10.6 Å². The number of hydrogen-bond acceptors (Lipinski definition) is 3. The minimum atomic E-state index is -0.204. The van der Waals surface area contributed by atoms with Crippen molar-refractivity contribution in [2.24, 2.45) is 0 Å². The first-order valence-corrected chi connectivity index (χ1v) is 6.45. The lowest BCUT2D eigenvalue weighted by atomic mass is 10.1. The van der Waals surface area contributed by atoms with E-state index in [0.717, 1.165) is 18.7 Å². The van der Waals surface area contributed by atoms with Crippen molar-refractivity contribution in [3.63, 3.8) is 0 Å². The van der Waals surface area contributed by atoms with Gasteiger partial charge in [0.05, 0.1) is 11.3 Å². The molecule has 2 aromatic rings. The summed E-state index contributed by atoms with van der Waals surface area (Å²) in [7, 11) is 0. The van der Waals surface area contributed by atoms with Gasteiger partial charge >= 0.3 is 0 Å². The third kappa shape index (κ3) is 2.21. The predicted molar refractivity (Wildman–Crippen MR) is 77.7 cm³/mol. The number of nitriles is 1. The van der Waals surface area contributed by atoms with Crippen molar-refractivity contribution in [1.82, 2.24) is 0 Å². The second-order valence-corrected chi connectivity index (χ2v) is 4.66. The van der Waals surface area contributed by atoms with E-state index in [1.807, 2.05) is 18.2 Å². The van der Waals surface area contributed by atoms with Crippen LogP contribution in [0.2, 0.25) is 0 Å². The van der Waals surface area contributed by atoms with Gasteiger partial charge in [-0.25, -0.2) is 0 Å². The molecular weight excluding hydrogens is 250 g/mol. The number of nitrogens with zero attached hydrogens (tertiary/aromatic N) is 1. The molecule has 4 nitrogen and oxygen atoms in total. The van der Waals surface area contributed by atoms with Crippen molar-refractivity contribution in [3.05, 3.63) is 59.2 Å². The number of carbonyl (C=O) groups excluding carboxylic acids is 1. The van der Waals surface area contributed by atoms with Crippen molar-refractivity contribution >= 4 is 17.3 Å². The summed E-state index contributed by atoms with van der Waals surface area (Å²) in [4.78, 5) is 12.2. The maximum Gasteiger partial charge on any atom is 0.255 e. The van der Waals surface area contributed by atoms with Crippen molar-refractivity contribution in [3.8, 4) is 6.07 Å². The Morgan fingerprint density at radius 3 is 2.95 bits per heavy atom. The van der Waals surface area contributed by atoms with Gasteiger partial charge < -0.3 is 10.6 Å². The van der Waals surface area contributed by atoms with E-state index in [1.54, 1.807) is 24.3 Å². The van der Waals surface area contributed by atoms with E-state index in [0.29, 0.717) is 16.8 Å². The first-order chi connectivity index (χ1) is 9.78. The Bertz CT molecular complexity index is 716. The Kier molecular flexibility index (Phi) is 3.10. The summed E-state index contributed by atoms with van der Waals surface area (Å²) in [5, 5.41) is 15.0. The van der Waals surface area contributed by atoms with E-state index in [2.05, 4.69) is 16.7 Å². The maximum atomic E-state index is 12.2. The molecule has 0 fully saturated rings. The van der Waals surface area contributed by atoms with Crippen LogP contribution in [0.15, 0.2) is 42.5 Å². The summed E-state index contributed by atoms with van der Waals surface area (Å²) >= 11 is 0. The van der Waals surface area contributed by atoms with E-state index in [-0.39, 0.29) is 5.91 Å². The summed E-state index contributed by atoms with van der Waals surface area (Å²) in [5.74, 6) is -0.204. The number of rotatable bonds is 2. The van der Waals surface area contributed by atoms with E-state index < -0.39 is 0 Å². The van der Waals surface area contributed by atoms with Gasteiger partial charge in [-0.1, -0.05) is 18.2 Å². The van der Waals surface area contributed by atoms with Gasteiger partial charge in [0.15, 0.2) is 0 Å². The topological polar surface area (TPSA) is 64.9 Å². The van der Waals surface area contributed by atoms with Crippen LogP contribution in [0.25, 0.3) is 0 Å². The first-order valence-electron chi connectivity index (χ1n) is 6.45. The molecule has 4 heteroatoms. The SMILES string of the molecule is N#Cc1ccccc1NC(=O)c1ccc2c(c1)NCC2. The number of fused-ring (bicyclic) bond motifs is 1. The molecule has 98 valence electrons. The molecule has 0 saturated carbocycles. The molecule has 0 aliphatic carbocycles. The second-order valence-electron chi connectivity index (χ2n) is 4.66. The average Bonchev–Trinajstić information content (AvgIpc) is 2.95. The van der Waals surface area contributed by atoms with E-state index in [9.17, 15) is 4.79 Å². The zero-order chi connectivity index (χ0) is 13.9. The van der Waals surface area contributed by atoms with Crippen molar-refractivity contribution < 1.29 is 4.79 Å². The Balaban J connectivity index is 1.85. The Hall–Kier alpha value is -2.80. The normalized spacial score (nSPS) is 12.2. The van der Waals surface area contributed by atoms with Crippen LogP contribution in [0.5, 0.6) is 0 Å². The van der Waals surface area contributed by atoms with Gasteiger partial charge in [0.1, 0.15) is 6.07 Å². The molecule has 0 aromatic heterocycles. The van der Waals surface area contributed by atoms with Gasteiger partial charge in [0.2, 0.25) is 0 Å². The highest BCUT2D eigenvalue weighted by Crippen LogP contribution is 2.24. The zero-order valence-electron chi connectivity index (χ0n) is 10.8. The summed E-state index contributed by atoms with van der Waals surface area (Å²) in [6.07, 6.45) is 0.995. The van der Waals surface area contributed by atoms with Crippen LogP contribution in [0, 0.1) is 11.3 Å². The molecule has 0 radical (unpaired) electrons. The van der Waals surface area contributed by atoms with Crippen LogP contribution in [0.3, 0.4) is 0 Å². The number of para-hydroxylation sites is 1. The molecule has 1 aliphatic rings. The summed E-state index contributed by atoms with van der Waals surface area (Å²) in [6.45, 7) is 0.914. The molecule has 3 rings (SSSR count). The van der Waals surface area contributed by atoms with E-state index >= 15 is 0 Å². The molecule has 0 saturated heterocycles. The summed E-state index contributed by atoms with van der Waals surface area (Å²) in [6, 6.07) is 14.7. The molecule has 2 N–H and O–H groups in total. The van der Waals surface area contributed by atoms with Gasteiger partial charge in [-0.05, 0) is 36.2 Å². The highest BCUT2D eigenvalue weighted by atomic mass is 16.1. The highest BCUT2D eigenvalue weighted by Gasteiger charge is 2.14. The molecule has 1 amide bonds. The Morgan fingerprint density at radius 1 is 1.25 bits per heavy atom. The minimum absolute atomic E-state index is 0.204.